The predicted molar refractivity (Wildman–Crippen MR) is 93.3 cm³/mol. The van der Waals surface area contributed by atoms with Crippen molar-refractivity contribution in [2.75, 3.05) is 40.5 Å². The van der Waals surface area contributed by atoms with Crippen molar-refractivity contribution in [3.63, 3.8) is 0 Å². The number of hydrogen-bond donors (Lipinski definition) is 0. The molecule has 3 aromatic rings. The molecule has 0 atom stereocenters. The van der Waals surface area contributed by atoms with Crippen LogP contribution in [0.15, 0.2) is 18.2 Å². The van der Waals surface area contributed by atoms with Gasteiger partial charge in [0.15, 0.2) is 5.82 Å². The van der Waals surface area contributed by atoms with Gasteiger partial charge in [-0.15, -0.1) is 10.2 Å². The quantitative estimate of drug-likeness (QED) is 0.685. The number of rotatable bonds is 5. The molecule has 4 rings (SSSR count). The van der Waals surface area contributed by atoms with Crippen LogP contribution in [0.2, 0.25) is 0 Å². The van der Waals surface area contributed by atoms with E-state index in [-0.39, 0.29) is 0 Å². The monoisotopic (exact) mass is 361 g/mol. The zero-order valence-corrected chi connectivity index (χ0v) is 15.0. The lowest BCUT2D eigenvalue weighted by atomic mass is 10.2. The van der Waals surface area contributed by atoms with E-state index < -0.39 is 0 Å². The van der Waals surface area contributed by atoms with Crippen LogP contribution in [0.25, 0.3) is 15.5 Å². The minimum absolute atomic E-state index is 0.717. The molecule has 3 heterocycles. The fourth-order valence-corrected chi connectivity index (χ4v) is 3.61. The summed E-state index contributed by atoms with van der Waals surface area (Å²) in [6.07, 6.45) is 0. The van der Waals surface area contributed by atoms with Crippen molar-refractivity contribution in [3.8, 4) is 22.1 Å². The molecule has 1 aliphatic heterocycles. The number of benzene rings is 1. The summed E-state index contributed by atoms with van der Waals surface area (Å²) in [7, 11) is 3.27. The van der Waals surface area contributed by atoms with Crippen LogP contribution >= 0.6 is 11.3 Å². The van der Waals surface area contributed by atoms with Gasteiger partial charge < -0.3 is 14.2 Å². The third-order valence-electron chi connectivity index (χ3n) is 4.12. The van der Waals surface area contributed by atoms with Gasteiger partial charge in [-0.1, -0.05) is 11.3 Å². The first kappa shape index (κ1) is 16.2. The molecular formula is C16H19N5O3S. The third kappa shape index (κ3) is 3.30. The number of fused-ring (bicyclic) bond motifs is 1. The number of nitrogens with zero attached hydrogens (tertiary/aromatic N) is 5. The van der Waals surface area contributed by atoms with E-state index in [1.807, 2.05) is 22.7 Å². The van der Waals surface area contributed by atoms with Gasteiger partial charge in [-0.25, -0.2) is 0 Å². The molecule has 1 aliphatic rings. The Kier molecular flexibility index (Phi) is 4.51. The van der Waals surface area contributed by atoms with Gasteiger partial charge in [-0.2, -0.15) is 9.61 Å². The summed E-state index contributed by atoms with van der Waals surface area (Å²) in [5, 5.41) is 14.1. The summed E-state index contributed by atoms with van der Waals surface area (Å²) in [6.45, 7) is 4.04. The van der Waals surface area contributed by atoms with Crippen LogP contribution < -0.4 is 9.47 Å². The molecule has 25 heavy (non-hydrogen) atoms. The number of ether oxygens (including phenoxy) is 3. The fraction of sp³-hybridized carbons (Fsp3) is 0.438. The molecule has 1 aromatic carbocycles. The average molecular weight is 361 g/mol. The molecule has 1 saturated heterocycles. The molecule has 1 fully saturated rings. The predicted octanol–water partition coefficient (Wildman–Crippen LogP) is 1.70. The first-order chi connectivity index (χ1) is 12.3. The second-order valence-electron chi connectivity index (χ2n) is 5.71. The highest BCUT2D eigenvalue weighted by atomic mass is 32.1. The van der Waals surface area contributed by atoms with E-state index in [4.69, 9.17) is 19.3 Å². The topological polar surface area (TPSA) is 74.0 Å². The van der Waals surface area contributed by atoms with Gasteiger partial charge in [0.05, 0.1) is 34.0 Å². The van der Waals surface area contributed by atoms with Gasteiger partial charge in [0.25, 0.3) is 0 Å². The first-order valence-corrected chi connectivity index (χ1v) is 8.83. The highest BCUT2D eigenvalue weighted by molar-refractivity contribution is 7.19. The molecule has 0 amide bonds. The summed E-state index contributed by atoms with van der Waals surface area (Å²) in [5.41, 5.74) is 0.934. The zero-order valence-electron chi connectivity index (χ0n) is 14.1. The highest BCUT2D eigenvalue weighted by Crippen LogP contribution is 2.32. The SMILES string of the molecule is COc1cc(OC)cc(-c2nn3c(CN4CCOCC4)nnc3s2)c1. The van der Waals surface area contributed by atoms with E-state index in [9.17, 15) is 0 Å². The summed E-state index contributed by atoms with van der Waals surface area (Å²) in [6, 6.07) is 5.72. The molecule has 0 unspecified atom stereocenters. The van der Waals surface area contributed by atoms with Gasteiger partial charge in [-0.3, -0.25) is 4.90 Å². The Morgan fingerprint density at radius 3 is 2.48 bits per heavy atom. The molecular weight excluding hydrogens is 342 g/mol. The molecule has 0 radical (unpaired) electrons. The van der Waals surface area contributed by atoms with E-state index >= 15 is 0 Å². The van der Waals surface area contributed by atoms with Crippen LogP contribution in [0.4, 0.5) is 0 Å². The Morgan fingerprint density at radius 2 is 1.80 bits per heavy atom. The lowest BCUT2D eigenvalue weighted by Gasteiger charge is -2.25. The smallest absolute Gasteiger partial charge is 0.235 e. The molecule has 0 saturated carbocycles. The summed E-state index contributed by atoms with van der Waals surface area (Å²) in [5.74, 6) is 2.30. The maximum absolute atomic E-state index is 5.39. The molecule has 132 valence electrons. The highest BCUT2D eigenvalue weighted by Gasteiger charge is 2.18. The Hall–Kier alpha value is -2.23. The summed E-state index contributed by atoms with van der Waals surface area (Å²) >= 11 is 1.50. The Bertz CT molecular complexity index is 850. The maximum Gasteiger partial charge on any atom is 0.235 e. The van der Waals surface area contributed by atoms with Crippen molar-refractivity contribution in [2.24, 2.45) is 0 Å². The van der Waals surface area contributed by atoms with Gasteiger partial charge >= 0.3 is 0 Å². The van der Waals surface area contributed by atoms with Crippen molar-refractivity contribution < 1.29 is 14.2 Å². The van der Waals surface area contributed by atoms with E-state index in [2.05, 4.69) is 15.1 Å². The summed E-state index contributed by atoms with van der Waals surface area (Å²) in [4.78, 5) is 3.08. The lowest BCUT2D eigenvalue weighted by molar-refractivity contribution is 0.0328. The van der Waals surface area contributed by atoms with Crippen molar-refractivity contribution >= 4 is 16.3 Å². The molecule has 0 N–H and O–H groups in total. The van der Waals surface area contributed by atoms with E-state index in [1.165, 1.54) is 11.3 Å². The van der Waals surface area contributed by atoms with Gasteiger partial charge in [0.2, 0.25) is 4.96 Å². The van der Waals surface area contributed by atoms with Crippen molar-refractivity contribution in [1.29, 1.82) is 0 Å². The van der Waals surface area contributed by atoms with Crippen LogP contribution in [0, 0.1) is 0 Å². The second-order valence-corrected chi connectivity index (χ2v) is 6.66. The average Bonchev–Trinajstić information content (AvgIpc) is 3.24. The van der Waals surface area contributed by atoms with E-state index in [0.717, 1.165) is 65.7 Å². The molecule has 0 aliphatic carbocycles. The Balaban J connectivity index is 1.65. The van der Waals surface area contributed by atoms with Crippen LogP contribution in [0.5, 0.6) is 11.5 Å². The Morgan fingerprint density at radius 1 is 1.08 bits per heavy atom. The summed E-state index contributed by atoms with van der Waals surface area (Å²) < 4.78 is 17.9. The number of morpholine rings is 1. The number of aromatic nitrogens is 4. The molecule has 2 aromatic heterocycles. The maximum atomic E-state index is 5.39. The largest absolute Gasteiger partial charge is 0.497 e. The van der Waals surface area contributed by atoms with Crippen LogP contribution in [0.1, 0.15) is 5.82 Å². The fourth-order valence-electron chi connectivity index (χ4n) is 2.76. The Labute approximate surface area is 148 Å². The zero-order chi connectivity index (χ0) is 17.2. The van der Waals surface area contributed by atoms with E-state index in [1.54, 1.807) is 14.2 Å². The van der Waals surface area contributed by atoms with Crippen molar-refractivity contribution in [3.05, 3.63) is 24.0 Å². The minimum Gasteiger partial charge on any atom is -0.497 e. The standard InChI is InChI=1S/C16H19N5O3S/c1-22-12-7-11(8-13(9-12)23-2)15-19-21-14(17-18-16(21)25-15)10-20-3-5-24-6-4-20/h7-9H,3-6,10H2,1-2H3. The molecule has 9 heteroatoms. The molecule has 0 bridgehead atoms. The number of hydrogen-bond acceptors (Lipinski definition) is 8. The minimum atomic E-state index is 0.717. The van der Waals surface area contributed by atoms with Crippen molar-refractivity contribution in [2.45, 2.75) is 6.54 Å². The normalized spacial score (nSPS) is 15.6. The molecule has 0 spiro atoms. The van der Waals surface area contributed by atoms with Crippen LogP contribution in [-0.4, -0.2) is 65.2 Å². The molecule has 8 nitrogen and oxygen atoms in total. The third-order valence-corrected chi connectivity index (χ3v) is 5.07. The van der Waals surface area contributed by atoms with Crippen LogP contribution in [0.3, 0.4) is 0 Å². The first-order valence-electron chi connectivity index (χ1n) is 8.01. The second kappa shape index (κ2) is 6.95. The van der Waals surface area contributed by atoms with Gasteiger partial charge in [0, 0.05) is 24.7 Å². The lowest BCUT2D eigenvalue weighted by Crippen LogP contribution is -2.36. The van der Waals surface area contributed by atoms with Crippen LogP contribution in [-0.2, 0) is 11.3 Å². The van der Waals surface area contributed by atoms with Gasteiger partial charge in [0.1, 0.15) is 16.5 Å². The van der Waals surface area contributed by atoms with Gasteiger partial charge in [-0.05, 0) is 12.1 Å². The van der Waals surface area contributed by atoms with E-state index in [0.29, 0.717) is 0 Å². The number of methoxy groups -OCH3 is 2. The van der Waals surface area contributed by atoms with Crippen molar-refractivity contribution in [1.82, 2.24) is 24.7 Å².